The summed E-state index contributed by atoms with van der Waals surface area (Å²) < 4.78 is 13.1. The van der Waals surface area contributed by atoms with Gasteiger partial charge in [0.1, 0.15) is 0 Å². The van der Waals surface area contributed by atoms with Crippen molar-refractivity contribution in [2.24, 2.45) is 0 Å². The smallest absolute Gasteiger partial charge is 0.0930 e. The molecule has 3 unspecified atom stereocenters. The van der Waals surface area contributed by atoms with Gasteiger partial charge >= 0.3 is 0 Å². The van der Waals surface area contributed by atoms with Crippen LogP contribution in [0.1, 0.15) is 79.6 Å². The van der Waals surface area contributed by atoms with Crippen LogP contribution < -0.4 is 0 Å². The first-order valence-corrected chi connectivity index (χ1v) is 9.64. The maximum absolute atomic E-state index is 13.1. The molecule has 120 valence electrons. The van der Waals surface area contributed by atoms with E-state index in [0.717, 1.165) is 19.0 Å². The Kier molecular flexibility index (Phi) is 17.6. The predicted molar refractivity (Wildman–Crippen MR) is 95.5 cm³/mol. The minimum atomic E-state index is -1.95. The van der Waals surface area contributed by atoms with Crippen molar-refractivity contribution in [2.75, 3.05) is 6.16 Å². The van der Waals surface area contributed by atoms with Crippen LogP contribution in [0.5, 0.6) is 0 Å². The van der Waals surface area contributed by atoms with Crippen LogP contribution in [0.15, 0.2) is 0 Å². The van der Waals surface area contributed by atoms with E-state index in [4.69, 9.17) is 0 Å². The van der Waals surface area contributed by atoms with Gasteiger partial charge < -0.3 is 10.0 Å². The number of hydrogen-bond acceptors (Lipinski definition) is 1. The van der Waals surface area contributed by atoms with Crippen LogP contribution in [0.2, 0.25) is 0 Å². The molecule has 0 saturated carbocycles. The maximum atomic E-state index is 13.1. The topological polar surface area (TPSA) is 48.6 Å². The van der Waals surface area contributed by atoms with E-state index >= 15 is 0 Å². The minimum absolute atomic E-state index is 0. The monoisotopic (exact) mass is 312 g/mol. The summed E-state index contributed by atoms with van der Waals surface area (Å²) in [5.41, 5.74) is 0.840. The second kappa shape index (κ2) is 13.6. The second-order valence-electron chi connectivity index (χ2n) is 5.51. The van der Waals surface area contributed by atoms with Gasteiger partial charge in [-0.3, -0.25) is 0 Å². The van der Waals surface area contributed by atoms with Crippen LogP contribution >= 0.6 is 17.0 Å². The van der Waals surface area contributed by atoms with E-state index in [1.165, 1.54) is 32.1 Å². The molecular weight excluding hydrogens is 274 g/mol. The summed E-state index contributed by atoms with van der Waals surface area (Å²) in [5, 5.41) is 0. The van der Waals surface area contributed by atoms with Gasteiger partial charge in [0.25, 0.3) is 0 Å². The first-order valence-electron chi connectivity index (χ1n) is 7.61. The Morgan fingerprint density at radius 2 is 1.26 bits per heavy atom. The van der Waals surface area contributed by atoms with E-state index in [1.807, 2.05) is 0 Å². The fourth-order valence-electron chi connectivity index (χ4n) is 2.46. The van der Waals surface area contributed by atoms with Gasteiger partial charge in [-0.25, -0.2) is 0 Å². The van der Waals surface area contributed by atoms with Crippen molar-refractivity contribution in [1.29, 1.82) is 0 Å². The maximum Gasteiger partial charge on any atom is 0.0930 e. The van der Waals surface area contributed by atoms with Gasteiger partial charge in [-0.15, -0.1) is 0 Å². The van der Waals surface area contributed by atoms with E-state index < -0.39 is 7.14 Å². The number of unbranched alkanes of at least 4 members (excludes halogenated alkanes) is 4. The average Bonchev–Trinajstić information content (AvgIpc) is 2.36. The average molecular weight is 312 g/mol. The van der Waals surface area contributed by atoms with Gasteiger partial charge in [0.05, 0.1) is 7.14 Å². The number of rotatable bonds is 10. The zero-order chi connectivity index (χ0) is 13.3. The molecule has 2 N–H and O–H groups in total. The van der Waals surface area contributed by atoms with Crippen LogP contribution in [-0.4, -0.2) is 23.0 Å². The first-order chi connectivity index (χ1) is 8.02. The Morgan fingerprint density at radius 1 is 0.842 bits per heavy atom. The van der Waals surface area contributed by atoms with Gasteiger partial charge in [0, 0.05) is 17.5 Å². The van der Waals surface area contributed by atoms with E-state index in [9.17, 15) is 4.57 Å². The molecule has 3 atom stereocenters. The molecule has 0 aliphatic carbocycles. The summed E-state index contributed by atoms with van der Waals surface area (Å²) in [6.45, 7) is 11.0. The molecule has 0 amide bonds. The third-order valence-corrected chi connectivity index (χ3v) is 9.01. The van der Waals surface area contributed by atoms with Crippen molar-refractivity contribution in [3.8, 4) is 0 Å². The highest BCUT2D eigenvalue weighted by Crippen LogP contribution is 2.57. The fourth-order valence-corrected chi connectivity index (χ4v) is 6.16. The van der Waals surface area contributed by atoms with Gasteiger partial charge in [0.2, 0.25) is 0 Å². The third kappa shape index (κ3) is 8.49. The van der Waals surface area contributed by atoms with Gasteiger partial charge in [-0.05, 0) is 19.3 Å². The SMILES string of the molecule is CCCCCCCP(=O)(C(C)CC)C(C)CC.O.P. The van der Waals surface area contributed by atoms with Crippen LogP contribution in [0.25, 0.3) is 0 Å². The summed E-state index contributed by atoms with van der Waals surface area (Å²) in [4.78, 5) is 0. The van der Waals surface area contributed by atoms with Crippen LogP contribution in [0.3, 0.4) is 0 Å². The minimum Gasteiger partial charge on any atom is -0.412 e. The van der Waals surface area contributed by atoms with Gasteiger partial charge in [-0.2, -0.15) is 9.90 Å². The Hall–Kier alpha value is 0.620. The summed E-state index contributed by atoms with van der Waals surface area (Å²) in [6, 6.07) is 0. The lowest BCUT2D eigenvalue weighted by Gasteiger charge is -2.29. The largest absolute Gasteiger partial charge is 0.412 e. The summed E-state index contributed by atoms with van der Waals surface area (Å²) in [5.74, 6) is 0. The zero-order valence-corrected chi connectivity index (χ0v) is 16.2. The molecular formula is C15H38O2P2. The van der Waals surface area contributed by atoms with Crippen LogP contribution in [0.4, 0.5) is 0 Å². The first kappa shape index (κ1) is 24.6. The molecule has 0 fully saturated rings. The molecule has 0 aromatic heterocycles. The molecule has 0 saturated heterocycles. The quantitative estimate of drug-likeness (QED) is 0.406. The van der Waals surface area contributed by atoms with Gasteiger partial charge in [0.15, 0.2) is 0 Å². The van der Waals surface area contributed by atoms with Gasteiger partial charge in [-0.1, -0.05) is 60.3 Å². The summed E-state index contributed by atoms with van der Waals surface area (Å²) in [7, 11) is -1.95. The third-order valence-electron chi connectivity index (χ3n) is 4.28. The Balaban J connectivity index is -0.00000128. The van der Waals surface area contributed by atoms with Crippen molar-refractivity contribution < 1.29 is 10.0 Å². The highest BCUT2D eigenvalue weighted by atomic mass is 31.2. The molecule has 0 heterocycles. The number of hydrogen-bond donors (Lipinski definition) is 0. The van der Waals surface area contributed by atoms with Crippen LogP contribution in [0, 0.1) is 0 Å². The molecule has 0 bridgehead atoms. The van der Waals surface area contributed by atoms with Crippen molar-refractivity contribution in [3.63, 3.8) is 0 Å². The molecule has 0 radical (unpaired) electrons. The van der Waals surface area contributed by atoms with E-state index in [0.29, 0.717) is 11.3 Å². The van der Waals surface area contributed by atoms with Crippen molar-refractivity contribution in [2.45, 2.75) is 90.9 Å². The lowest BCUT2D eigenvalue weighted by atomic mass is 10.2. The predicted octanol–water partition coefficient (Wildman–Crippen LogP) is 5.15. The molecule has 19 heavy (non-hydrogen) atoms. The summed E-state index contributed by atoms with van der Waals surface area (Å²) >= 11 is 0. The fraction of sp³-hybridized carbons (Fsp3) is 1.00. The normalized spacial score (nSPS) is 16.7. The molecule has 0 rings (SSSR count). The summed E-state index contributed by atoms with van der Waals surface area (Å²) in [6.07, 6.45) is 9.49. The van der Waals surface area contributed by atoms with E-state index in [2.05, 4.69) is 34.6 Å². The highest BCUT2D eigenvalue weighted by Gasteiger charge is 2.32. The molecule has 0 spiro atoms. The van der Waals surface area contributed by atoms with Crippen molar-refractivity contribution in [1.82, 2.24) is 0 Å². The standard InChI is InChI=1S/C15H33OP.H2O.H3P/c1-6-9-10-11-12-13-17(16,14(4)7-2)15(5)8-3;;/h14-15H,6-13H2,1-5H3;1H2;1H3. The molecule has 0 aromatic carbocycles. The Bertz CT molecular complexity index is 218. The van der Waals surface area contributed by atoms with Crippen molar-refractivity contribution >= 4 is 17.0 Å². The second-order valence-corrected chi connectivity index (χ2v) is 9.43. The molecule has 0 aromatic rings. The molecule has 4 heteroatoms. The lowest BCUT2D eigenvalue weighted by Crippen LogP contribution is -2.15. The lowest BCUT2D eigenvalue weighted by molar-refractivity contribution is 0.546. The molecule has 0 aliphatic heterocycles. The van der Waals surface area contributed by atoms with Crippen LogP contribution in [-0.2, 0) is 4.57 Å². The molecule has 2 nitrogen and oxygen atoms in total. The Morgan fingerprint density at radius 3 is 1.63 bits per heavy atom. The Labute approximate surface area is 124 Å². The molecule has 0 aliphatic rings. The van der Waals surface area contributed by atoms with Crippen molar-refractivity contribution in [3.05, 3.63) is 0 Å². The van der Waals surface area contributed by atoms with E-state index in [1.54, 1.807) is 0 Å². The zero-order valence-electron chi connectivity index (χ0n) is 13.9. The highest BCUT2D eigenvalue weighted by molar-refractivity contribution is 7.65. The van der Waals surface area contributed by atoms with E-state index in [-0.39, 0.29) is 15.4 Å².